The number of halogens is 3. The average Bonchev–Trinajstić information content (AvgIpc) is 3.23. The summed E-state index contributed by atoms with van der Waals surface area (Å²) >= 11 is 0. The van der Waals surface area contributed by atoms with E-state index in [2.05, 4.69) is 15.5 Å². The van der Waals surface area contributed by atoms with Crippen LogP contribution in [0.1, 0.15) is 12.7 Å². The fourth-order valence-electron chi connectivity index (χ4n) is 2.51. The summed E-state index contributed by atoms with van der Waals surface area (Å²) in [5.41, 5.74) is 3.43. The molecule has 2 aromatic rings. The van der Waals surface area contributed by atoms with Crippen molar-refractivity contribution in [1.29, 1.82) is 0 Å². The number of ether oxygens (including phenoxy) is 1. The van der Waals surface area contributed by atoms with Crippen molar-refractivity contribution in [2.24, 2.45) is 5.73 Å². The number of aryl methyl sites for hydroxylation is 1. The molecule has 0 saturated carbocycles. The van der Waals surface area contributed by atoms with Gasteiger partial charge in [0.15, 0.2) is 17.5 Å². The number of carbonyl (C=O) groups is 2. The maximum Gasteiger partial charge on any atom is 0.414 e. The Labute approximate surface area is 150 Å². The average molecular weight is 385 g/mol. The molecule has 0 aliphatic carbocycles. The predicted molar refractivity (Wildman–Crippen MR) is 84.2 cm³/mol. The molecule has 9 nitrogen and oxygen atoms in total. The highest BCUT2D eigenvalue weighted by Crippen LogP contribution is 2.34. The van der Waals surface area contributed by atoms with Crippen molar-refractivity contribution in [3.8, 4) is 11.5 Å². The number of urea groups is 1. The van der Waals surface area contributed by atoms with Gasteiger partial charge in [0, 0.05) is 12.5 Å². The van der Waals surface area contributed by atoms with E-state index in [0.29, 0.717) is 17.4 Å². The second-order valence-corrected chi connectivity index (χ2v) is 5.61. The van der Waals surface area contributed by atoms with Gasteiger partial charge in [-0.3, -0.25) is 4.90 Å². The second kappa shape index (κ2) is 7.13. The van der Waals surface area contributed by atoms with E-state index in [1.807, 2.05) is 0 Å². The van der Waals surface area contributed by atoms with E-state index in [-0.39, 0.29) is 18.9 Å². The molecule has 0 radical (unpaired) electrons. The number of aromatic nitrogens is 2. The van der Waals surface area contributed by atoms with Crippen LogP contribution >= 0.6 is 0 Å². The number of hydrogen-bond acceptors (Lipinski definition) is 6. The second-order valence-electron chi connectivity index (χ2n) is 5.61. The van der Waals surface area contributed by atoms with Gasteiger partial charge in [0.2, 0.25) is 0 Å². The van der Waals surface area contributed by atoms with E-state index in [4.69, 9.17) is 15.0 Å². The van der Waals surface area contributed by atoms with Crippen LogP contribution in [0, 0.1) is 17.5 Å². The third kappa shape index (κ3) is 3.50. The van der Waals surface area contributed by atoms with E-state index >= 15 is 0 Å². The summed E-state index contributed by atoms with van der Waals surface area (Å²) in [6, 6.07) is -0.211. The lowest BCUT2D eigenvalue weighted by Crippen LogP contribution is -2.37. The first-order valence-electron chi connectivity index (χ1n) is 7.83. The zero-order valence-corrected chi connectivity index (χ0v) is 14.0. The zero-order valence-electron chi connectivity index (χ0n) is 14.0. The first kappa shape index (κ1) is 18.5. The summed E-state index contributed by atoms with van der Waals surface area (Å²) in [6.45, 7) is 1.33. The molecule has 2 heterocycles. The first-order chi connectivity index (χ1) is 12.8. The Kier molecular flexibility index (Phi) is 4.88. The minimum absolute atomic E-state index is 0.135. The van der Waals surface area contributed by atoms with Crippen LogP contribution in [0.3, 0.4) is 0 Å². The smallest absolute Gasteiger partial charge is 0.414 e. The SMILES string of the molecule is CCc1noc(-c2c(F)cc(N3CC(CNC(N)=O)OC3=O)c(F)c2F)n1. The molecule has 144 valence electrons. The van der Waals surface area contributed by atoms with Gasteiger partial charge in [-0.05, 0) is 0 Å². The molecule has 3 N–H and O–H groups in total. The van der Waals surface area contributed by atoms with Crippen LogP contribution in [0.15, 0.2) is 10.6 Å². The molecule has 0 bridgehead atoms. The van der Waals surface area contributed by atoms with E-state index in [1.165, 1.54) is 0 Å². The highest BCUT2D eigenvalue weighted by molar-refractivity contribution is 5.90. The molecule has 1 unspecified atom stereocenters. The van der Waals surface area contributed by atoms with Gasteiger partial charge in [0.25, 0.3) is 5.89 Å². The summed E-state index contributed by atoms with van der Waals surface area (Å²) in [4.78, 5) is 27.1. The van der Waals surface area contributed by atoms with Crippen LogP contribution in [0.2, 0.25) is 0 Å². The molecule has 0 spiro atoms. The Morgan fingerprint density at radius 2 is 2.15 bits per heavy atom. The van der Waals surface area contributed by atoms with Crippen LogP contribution in [0.4, 0.5) is 28.4 Å². The summed E-state index contributed by atoms with van der Waals surface area (Å²) < 4.78 is 53.1. The Bertz CT molecular complexity index is 904. The lowest BCUT2D eigenvalue weighted by Gasteiger charge is -2.15. The number of nitrogens with zero attached hydrogens (tertiary/aromatic N) is 3. The Morgan fingerprint density at radius 3 is 2.78 bits per heavy atom. The van der Waals surface area contributed by atoms with Crippen molar-refractivity contribution in [2.45, 2.75) is 19.4 Å². The van der Waals surface area contributed by atoms with E-state index in [9.17, 15) is 22.8 Å². The minimum atomic E-state index is -1.58. The molecule has 1 aromatic heterocycles. The van der Waals surface area contributed by atoms with Crippen LogP contribution in [0.25, 0.3) is 11.5 Å². The zero-order chi connectivity index (χ0) is 19.7. The molecule has 1 aromatic carbocycles. The van der Waals surface area contributed by atoms with Gasteiger partial charge in [0.05, 0.1) is 18.8 Å². The molecular weight excluding hydrogens is 371 g/mol. The minimum Gasteiger partial charge on any atom is -0.442 e. The van der Waals surface area contributed by atoms with Crippen molar-refractivity contribution >= 4 is 17.8 Å². The molecule has 1 aliphatic rings. The lowest BCUT2D eigenvalue weighted by atomic mass is 10.1. The highest BCUT2D eigenvalue weighted by Gasteiger charge is 2.36. The van der Waals surface area contributed by atoms with Gasteiger partial charge >= 0.3 is 12.1 Å². The number of benzene rings is 1. The standard InChI is InChI=1S/C15H14F3N5O4/c1-2-9-21-13(27-22-9)10-7(16)3-8(11(17)12(10)18)23-5-6(26-15(23)25)4-20-14(19)24/h3,6H,2,4-5H2,1H3,(H3,19,20,24). The van der Waals surface area contributed by atoms with Gasteiger partial charge in [0.1, 0.15) is 17.5 Å². The molecule has 1 fully saturated rings. The van der Waals surface area contributed by atoms with Crippen molar-refractivity contribution in [3.63, 3.8) is 0 Å². The monoisotopic (exact) mass is 385 g/mol. The highest BCUT2D eigenvalue weighted by atomic mass is 19.2. The maximum absolute atomic E-state index is 14.5. The summed E-state index contributed by atoms with van der Waals surface area (Å²) in [6.07, 6.45) is -1.53. The van der Waals surface area contributed by atoms with Crippen LogP contribution in [0.5, 0.6) is 0 Å². The topological polar surface area (TPSA) is 124 Å². The number of nitrogens with one attached hydrogen (secondary N) is 1. The Balaban J connectivity index is 1.91. The number of primary amides is 1. The van der Waals surface area contributed by atoms with Crippen LogP contribution in [-0.2, 0) is 11.2 Å². The van der Waals surface area contributed by atoms with E-state index in [0.717, 1.165) is 0 Å². The largest absolute Gasteiger partial charge is 0.442 e. The normalized spacial score (nSPS) is 16.5. The van der Waals surface area contributed by atoms with Gasteiger partial charge < -0.3 is 20.3 Å². The number of cyclic esters (lactones) is 1. The summed E-state index contributed by atoms with van der Waals surface area (Å²) in [7, 11) is 0. The quantitative estimate of drug-likeness (QED) is 0.755. The molecule has 3 rings (SSSR count). The van der Waals surface area contributed by atoms with Crippen LogP contribution < -0.4 is 16.0 Å². The number of carbonyl (C=O) groups excluding carboxylic acids is 2. The third-order valence-electron chi connectivity index (χ3n) is 3.81. The molecular formula is C15H14F3N5O4. The van der Waals surface area contributed by atoms with Gasteiger partial charge in [-0.1, -0.05) is 12.1 Å². The maximum atomic E-state index is 14.5. The van der Waals surface area contributed by atoms with Gasteiger partial charge in [-0.2, -0.15) is 4.98 Å². The number of rotatable bonds is 5. The number of hydrogen-bond donors (Lipinski definition) is 2. The molecule has 1 aliphatic heterocycles. The lowest BCUT2D eigenvalue weighted by molar-refractivity contribution is 0.141. The van der Waals surface area contributed by atoms with E-state index in [1.54, 1.807) is 6.92 Å². The fraction of sp³-hybridized carbons (Fsp3) is 0.333. The summed E-state index contributed by atoms with van der Waals surface area (Å²) in [5, 5.41) is 5.73. The first-order valence-corrected chi connectivity index (χ1v) is 7.83. The Morgan fingerprint density at radius 1 is 1.41 bits per heavy atom. The van der Waals surface area contributed by atoms with Gasteiger partial charge in [-0.25, -0.2) is 22.8 Å². The molecule has 27 heavy (non-hydrogen) atoms. The van der Waals surface area contributed by atoms with Crippen molar-refractivity contribution in [1.82, 2.24) is 15.5 Å². The molecule has 3 amide bonds. The van der Waals surface area contributed by atoms with Crippen molar-refractivity contribution < 1.29 is 32.0 Å². The predicted octanol–water partition coefficient (Wildman–Crippen LogP) is 1.71. The number of anilines is 1. The van der Waals surface area contributed by atoms with Crippen LogP contribution in [-0.4, -0.2) is 41.5 Å². The molecule has 12 heteroatoms. The third-order valence-corrected chi connectivity index (χ3v) is 3.81. The fourth-order valence-corrected chi connectivity index (χ4v) is 2.51. The number of amides is 3. The molecule has 1 atom stereocenters. The number of nitrogens with two attached hydrogens (primary N) is 1. The van der Waals surface area contributed by atoms with Crippen molar-refractivity contribution in [3.05, 3.63) is 29.3 Å². The summed E-state index contributed by atoms with van der Waals surface area (Å²) in [5.74, 6) is -4.58. The van der Waals surface area contributed by atoms with Crippen molar-refractivity contribution in [2.75, 3.05) is 18.0 Å². The molecule has 1 saturated heterocycles. The Hall–Kier alpha value is -3.31. The van der Waals surface area contributed by atoms with Gasteiger partial charge in [-0.15, -0.1) is 0 Å². The van der Waals surface area contributed by atoms with E-state index < -0.39 is 52.8 Å².